The largest absolute Gasteiger partial charge is 0.478 e. The Bertz CT molecular complexity index is 549. The molecular weight excluding hydrogens is 266 g/mol. The van der Waals surface area contributed by atoms with E-state index < -0.39 is 5.97 Å². The van der Waals surface area contributed by atoms with Gasteiger partial charge in [-0.2, -0.15) is 0 Å². The Kier molecular flexibility index (Phi) is 4.55. The van der Waals surface area contributed by atoms with Crippen molar-refractivity contribution in [2.75, 3.05) is 0 Å². The second kappa shape index (κ2) is 6.37. The molecule has 0 aliphatic rings. The SMILES string of the molecule is O=C(O)/C=C/c1cnc(CSc2ccccc2)s1. The highest BCUT2D eigenvalue weighted by Crippen LogP contribution is 2.25. The molecule has 18 heavy (non-hydrogen) atoms. The first-order valence-corrected chi connectivity index (χ1v) is 7.08. The van der Waals surface area contributed by atoms with Crippen LogP contribution in [0.1, 0.15) is 9.88 Å². The Morgan fingerprint density at radius 3 is 2.89 bits per heavy atom. The van der Waals surface area contributed by atoms with Gasteiger partial charge in [0, 0.05) is 22.0 Å². The maximum Gasteiger partial charge on any atom is 0.328 e. The van der Waals surface area contributed by atoms with Gasteiger partial charge in [0.1, 0.15) is 5.01 Å². The third kappa shape index (κ3) is 4.01. The third-order valence-corrected chi connectivity index (χ3v) is 4.24. The number of hydrogen-bond donors (Lipinski definition) is 1. The summed E-state index contributed by atoms with van der Waals surface area (Å²) in [7, 11) is 0. The van der Waals surface area contributed by atoms with Gasteiger partial charge in [-0.15, -0.1) is 23.1 Å². The summed E-state index contributed by atoms with van der Waals surface area (Å²) < 4.78 is 0. The molecular formula is C13H11NO2S2. The van der Waals surface area contributed by atoms with Crippen molar-refractivity contribution in [3.8, 4) is 0 Å². The normalized spacial score (nSPS) is 10.9. The van der Waals surface area contributed by atoms with Crippen LogP contribution in [0.5, 0.6) is 0 Å². The fourth-order valence-corrected chi connectivity index (χ4v) is 3.03. The predicted octanol–water partition coefficient (Wildman–Crippen LogP) is 3.53. The van der Waals surface area contributed by atoms with E-state index in [1.807, 2.05) is 18.2 Å². The number of carboxylic acid groups (broad SMARTS) is 1. The fraction of sp³-hybridized carbons (Fsp3) is 0.0769. The molecule has 1 aromatic carbocycles. The summed E-state index contributed by atoms with van der Waals surface area (Å²) in [6.45, 7) is 0. The van der Waals surface area contributed by atoms with E-state index in [2.05, 4.69) is 17.1 Å². The maximum atomic E-state index is 10.4. The van der Waals surface area contributed by atoms with E-state index in [1.54, 1.807) is 24.0 Å². The van der Waals surface area contributed by atoms with Crippen molar-refractivity contribution in [1.82, 2.24) is 4.98 Å². The molecule has 0 saturated heterocycles. The van der Waals surface area contributed by atoms with Crippen LogP contribution in [0.3, 0.4) is 0 Å². The first-order chi connectivity index (χ1) is 8.74. The van der Waals surface area contributed by atoms with E-state index in [9.17, 15) is 4.79 Å². The smallest absolute Gasteiger partial charge is 0.328 e. The Balaban J connectivity index is 1.93. The van der Waals surface area contributed by atoms with Crippen molar-refractivity contribution >= 4 is 35.1 Å². The summed E-state index contributed by atoms with van der Waals surface area (Å²) in [6.07, 6.45) is 4.39. The lowest BCUT2D eigenvalue weighted by Gasteiger charge is -1.97. The van der Waals surface area contributed by atoms with Crippen LogP contribution >= 0.6 is 23.1 Å². The van der Waals surface area contributed by atoms with Crippen LogP contribution in [0.4, 0.5) is 0 Å². The Hall–Kier alpha value is -1.59. The molecule has 2 rings (SSSR count). The summed E-state index contributed by atoms with van der Waals surface area (Å²) in [5.74, 6) is -0.140. The summed E-state index contributed by atoms with van der Waals surface area (Å²) >= 11 is 3.23. The van der Waals surface area contributed by atoms with Crippen LogP contribution in [0.15, 0.2) is 47.5 Å². The highest BCUT2D eigenvalue weighted by atomic mass is 32.2. The van der Waals surface area contributed by atoms with Gasteiger partial charge >= 0.3 is 5.97 Å². The van der Waals surface area contributed by atoms with Gasteiger partial charge in [0.2, 0.25) is 0 Å². The molecule has 0 saturated carbocycles. The number of aromatic nitrogens is 1. The van der Waals surface area contributed by atoms with Crippen LogP contribution in [-0.4, -0.2) is 16.1 Å². The zero-order valence-electron chi connectivity index (χ0n) is 9.45. The van der Waals surface area contributed by atoms with Crippen molar-refractivity contribution in [3.05, 3.63) is 52.5 Å². The number of carboxylic acids is 1. The molecule has 3 nitrogen and oxygen atoms in total. The van der Waals surface area contributed by atoms with Crippen molar-refractivity contribution in [3.63, 3.8) is 0 Å². The summed E-state index contributed by atoms with van der Waals surface area (Å²) in [4.78, 5) is 16.7. The number of benzene rings is 1. The molecule has 0 radical (unpaired) electrons. The molecule has 0 aliphatic carbocycles. The molecule has 0 unspecified atom stereocenters. The lowest BCUT2D eigenvalue weighted by atomic mass is 10.4. The van der Waals surface area contributed by atoms with Crippen molar-refractivity contribution < 1.29 is 9.90 Å². The first kappa shape index (κ1) is 12.9. The maximum absolute atomic E-state index is 10.4. The van der Waals surface area contributed by atoms with E-state index in [4.69, 9.17) is 5.11 Å². The number of thioether (sulfide) groups is 1. The van der Waals surface area contributed by atoms with Crippen LogP contribution in [0.25, 0.3) is 6.08 Å². The lowest BCUT2D eigenvalue weighted by Crippen LogP contribution is -1.84. The van der Waals surface area contributed by atoms with Gasteiger partial charge in [0.05, 0.1) is 5.75 Å². The highest BCUT2D eigenvalue weighted by Gasteiger charge is 2.01. The van der Waals surface area contributed by atoms with Crippen molar-refractivity contribution in [2.24, 2.45) is 0 Å². The van der Waals surface area contributed by atoms with Crippen molar-refractivity contribution in [2.45, 2.75) is 10.6 Å². The quantitative estimate of drug-likeness (QED) is 0.671. The Labute approximate surface area is 113 Å². The number of hydrogen-bond acceptors (Lipinski definition) is 4. The molecule has 0 aliphatic heterocycles. The standard InChI is InChI=1S/C13H11NO2S2/c15-13(16)7-6-11-8-14-12(18-11)9-17-10-4-2-1-3-5-10/h1-8H,9H2,(H,15,16)/b7-6+. The minimum Gasteiger partial charge on any atom is -0.478 e. The first-order valence-electron chi connectivity index (χ1n) is 5.27. The Morgan fingerprint density at radius 2 is 2.17 bits per heavy atom. The van der Waals surface area contributed by atoms with Crippen LogP contribution in [-0.2, 0) is 10.5 Å². The van der Waals surface area contributed by atoms with Gasteiger partial charge < -0.3 is 5.11 Å². The number of nitrogens with zero attached hydrogens (tertiary/aromatic N) is 1. The lowest BCUT2D eigenvalue weighted by molar-refractivity contribution is -0.131. The van der Waals surface area contributed by atoms with Gasteiger partial charge in [0.15, 0.2) is 0 Å². The summed E-state index contributed by atoms with van der Waals surface area (Å²) in [6, 6.07) is 10.1. The molecule has 0 amide bonds. The van der Waals surface area contributed by atoms with Crippen LogP contribution in [0.2, 0.25) is 0 Å². The number of aliphatic carboxylic acids is 1. The van der Waals surface area contributed by atoms with Crippen LogP contribution < -0.4 is 0 Å². The van der Waals surface area contributed by atoms with E-state index in [0.29, 0.717) is 0 Å². The highest BCUT2D eigenvalue weighted by molar-refractivity contribution is 7.98. The fourth-order valence-electron chi connectivity index (χ4n) is 1.28. The molecule has 2 aromatic rings. The average molecular weight is 277 g/mol. The van der Waals surface area contributed by atoms with Crippen molar-refractivity contribution in [1.29, 1.82) is 0 Å². The Morgan fingerprint density at radius 1 is 1.39 bits per heavy atom. The molecule has 92 valence electrons. The molecule has 1 N–H and O–H groups in total. The topological polar surface area (TPSA) is 50.2 Å². The zero-order chi connectivity index (χ0) is 12.8. The van der Waals surface area contributed by atoms with Gasteiger partial charge in [0.25, 0.3) is 0 Å². The minimum absolute atomic E-state index is 0.801. The van der Waals surface area contributed by atoms with E-state index in [0.717, 1.165) is 21.7 Å². The van der Waals surface area contributed by atoms with Gasteiger partial charge in [-0.25, -0.2) is 9.78 Å². The monoisotopic (exact) mass is 277 g/mol. The number of rotatable bonds is 5. The van der Waals surface area contributed by atoms with Gasteiger partial charge in [-0.05, 0) is 18.2 Å². The van der Waals surface area contributed by atoms with Gasteiger partial charge in [-0.1, -0.05) is 18.2 Å². The van der Waals surface area contributed by atoms with E-state index in [1.165, 1.54) is 16.2 Å². The average Bonchev–Trinajstić information content (AvgIpc) is 2.83. The molecule has 1 heterocycles. The second-order valence-corrected chi connectivity index (χ2v) is 5.63. The second-order valence-electron chi connectivity index (χ2n) is 3.43. The molecule has 0 spiro atoms. The minimum atomic E-state index is -0.941. The number of thiazole rings is 1. The molecule has 0 atom stereocenters. The molecule has 1 aromatic heterocycles. The van der Waals surface area contributed by atoms with Crippen LogP contribution in [0, 0.1) is 0 Å². The van der Waals surface area contributed by atoms with Gasteiger partial charge in [-0.3, -0.25) is 0 Å². The van der Waals surface area contributed by atoms with E-state index in [-0.39, 0.29) is 0 Å². The molecule has 0 fully saturated rings. The predicted molar refractivity (Wildman–Crippen MR) is 74.8 cm³/mol. The third-order valence-electron chi connectivity index (χ3n) is 2.07. The summed E-state index contributed by atoms with van der Waals surface area (Å²) in [5, 5.41) is 9.52. The number of carbonyl (C=O) groups is 1. The summed E-state index contributed by atoms with van der Waals surface area (Å²) in [5.41, 5.74) is 0. The molecule has 0 bridgehead atoms. The zero-order valence-corrected chi connectivity index (χ0v) is 11.1. The van der Waals surface area contributed by atoms with E-state index >= 15 is 0 Å². The molecule has 5 heteroatoms.